The molecule has 1 N–H and O–H groups in total. The molecule has 2 aromatic carbocycles. The Labute approximate surface area is 161 Å². The van der Waals surface area contributed by atoms with Gasteiger partial charge in [-0.15, -0.1) is 0 Å². The third-order valence-corrected chi connectivity index (χ3v) is 3.77. The van der Waals surface area contributed by atoms with Crippen LogP contribution in [0.1, 0.15) is 5.56 Å². The van der Waals surface area contributed by atoms with Crippen LogP contribution in [0.4, 0.5) is 11.4 Å². The van der Waals surface area contributed by atoms with Gasteiger partial charge in [-0.1, -0.05) is 0 Å². The molecule has 9 heteroatoms. The Hall–Kier alpha value is -3.75. The number of amides is 1. The lowest BCUT2D eigenvalue weighted by Gasteiger charge is -2.12. The van der Waals surface area contributed by atoms with Gasteiger partial charge in [0.05, 0.1) is 39.0 Å². The highest BCUT2D eigenvalue weighted by atomic mass is 16.6. The van der Waals surface area contributed by atoms with Gasteiger partial charge in [-0.2, -0.15) is 0 Å². The number of nitrogens with one attached hydrogen (secondary N) is 1. The minimum Gasteiger partial charge on any atom is -0.495 e. The van der Waals surface area contributed by atoms with Crippen molar-refractivity contribution in [1.82, 2.24) is 0 Å². The lowest BCUT2D eigenvalue weighted by molar-refractivity contribution is -0.384. The molecule has 2 rings (SSSR count). The smallest absolute Gasteiger partial charge is 0.271 e. The molecule has 0 bridgehead atoms. The van der Waals surface area contributed by atoms with E-state index in [-0.39, 0.29) is 11.4 Å². The number of anilines is 1. The lowest BCUT2D eigenvalue weighted by Crippen LogP contribution is -2.09. The fraction of sp³-hybridized carbons (Fsp3) is 0.211. The van der Waals surface area contributed by atoms with Gasteiger partial charge >= 0.3 is 0 Å². The van der Waals surface area contributed by atoms with Gasteiger partial charge in [0, 0.05) is 18.2 Å². The second kappa shape index (κ2) is 9.26. The molecular formula is C19H20N2O7. The summed E-state index contributed by atoms with van der Waals surface area (Å²) >= 11 is 0. The molecule has 0 aromatic heterocycles. The van der Waals surface area contributed by atoms with Crippen molar-refractivity contribution in [3.8, 4) is 23.0 Å². The van der Waals surface area contributed by atoms with Crippen molar-refractivity contribution in [2.45, 2.75) is 0 Å². The predicted octanol–water partition coefficient (Wildman–Crippen LogP) is 3.28. The Kier molecular flexibility index (Phi) is 6.80. The zero-order valence-corrected chi connectivity index (χ0v) is 15.8. The van der Waals surface area contributed by atoms with Crippen LogP contribution in [0, 0.1) is 10.1 Å². The first-order valence-electron chi connectivity index (χ1n) is 8.05. The van der Waals surface area contributed by atoms with Gasteiger partial charge in [-0.3, -0.25) is 14.9 Å². The van der Waals surface area contributed by atoms with E-state index < -0.39 is 10.8 Å². The first kappa shape index (κ1) is 20.6. The SMILES string of the molecule is COc1ccc([N+](=O)[O-])cc1NC(=O)/C=C/c1cc(OC)c(OC)c(OC)c1. The van der Waals surface area contributed by atoms with Crippen LogP contribution in [0.5, 0.6) is 23.0 Å². The van der Waals surface area contributed by atoms with E-state index in [9.17, 15) is 14.9 Å². The van der Waals surface area contributed by atoms with Crippen molar-refractivity contribution in [1.29, 1.82) is 0 Å². The summed E-state index contributed by atoms with van der Waals surface area (Å²) in [6.45, 7) is 0. The van der Waals surface area contributed by atoms with Crippen molar-refractivity contribution in [2.24, 2.45) is 0 Å². The van der Waals surface area contributed by atoms with E-state index in [1.165, 1.54) is 52.7 Å². The molecule has 0 aliphatic carbocycles. The standard InChI is InChI=1S/C19H20N2O7/c1-25-15-7-6-13(21(23)24)11-14(15)20-18(22)8-5-12-9-16(26-2)19(28-4)17(10-12)27-3/h5-11H,1-4H3,(H,20,22)/b8-5+. The average molecular weight is 388 g/mol. The molecule has 0 saturated carbocycles. The van der Waals surface area contributed by atoms with Crippen LogP contribution in [0.2, 0.25) is 0 Å². The van der Waals surface area contributed by atoms with E-state index in [0.29, 0.717) is 28.6 Å². The molecular weight excluding hydrogens is 368 g/mol. The highest BCUT2D eigenvalue weighted by Gasteiger charge is 2.14. The zero-order valence-electron chi connectivity index (χ0n) is 15.8. The summed E-state index contributed by atoms with van der Waals surface area (Å²) in [6.07, 6.45) is 2.82. The molecule has 0 aliphatic heterocycles. The Morgan fingerprint density at radius 1 is 0.964 bits per heavy atom. The fourth-order valence-electron chi connectivity index (χ4n) is 2.45. The molecule has 2 aromatic rings. The van der Waals surface area contributed by atoms with Crippen LogP contribution < -0.4 is 24.3 Å². The third kappa shape index (κ3) is 4.70. The summed E-state index contributed by atoms with van der Waals surface area (Å²) in [4.78, 5) is 22.6. The van der Waals surface area contributed by atoms with E-state index in [1.807, 2.05) is 0 Å². The topological polar surface area (TPSA) is 109 Å². The number of benzene rings is 2. The number of rotatable bonds is 8. The largest absolute Gasteiger partial charge is 0.495 e. The highest BCUT2D eigenvalue weighted by molar-refractivity contribution is 6.03. The van der Waals surface area contributed by atoms with Crippen molar-refractivity contribution in [3.05, 3.63) is 52.1 Å². The van der Waals surface area contributed by atoms with Crippen LogP contribution >= 0.6 is 0 Å². The van der Waals surface area contributed by atoms with E-state index in [2.05, 4.69) is 5.32 Å². The molecule has 0 heterocycles. The van der Waals surface area contributed by atoms with Crippen molar-refractivity contribution in [2.75, 3.05) is 33.8 Å². The second-order valence-corrected chi connectivity index (χ2v) is 5.42. The lowest BCUT2D eigenvalue weighted by atomic mass is 10.1. The third-order valence-electron chi connectivity index (χ3n) is 3.77. The van der Waals surface area contributed by atoms with Crippen LogP contribution in [-0.4, -0.2) is 39.3 Å². The second-order valence-electron chi connectivity index (χ2n) is 5.42. The Morgan fingerprint density at radius 2 is 1.57 bits per heavy atom. The summed E-state index contributed by atoms with van der Waals surface area (Å²) in [6, 6.07) is 7.29. The number of nitro groups is 1. The summed E-state index contributed by atoms with van der Waals surface area (Å²) in [7, 11) is 5.89. The zero-order chi connectivity index (χ0) is 20.7. The van der Waals surface area contributed by atoms with Gasteiger partial charge in [-0.05, 0) is 29.8 Å². The maximum absolute atomic E-state index is 12.3. The maximum atomic E-state index is 12.3. The van der Waals surface area contributed by atoms with E-state index >= 15 is 0 Å². The summed E-state index contributed by atoms with van der Waals surface area (Å²) < 4.78 is 20.9. The number of methoxy groups -OCH3 is 4. The first-order chi connectivity index (χ1) is 13.4. The van der Waals surface area contributed by atoms with Crippen molar-refractivity contribution >= 4 is 23.4 Å². The van der Waals surface area contributed by atoms with Crippen molar-refractivity contribution < 1.29 is 28.7 Å². The number of nitro benzene ring substituents is 1. The molecule has 0 saturated heterocycles. The van der Waals surface area contributed by atoms with Gasteiger partial charge in [0.2, 0.25) is 11.7 Å². The molecule has 148 valence electrons. The van der Waals surface area contributed by atoms with Gasteiger partial charge in [0.25, 0.3) is 5.69 Å². The van der Waals surface area contributed by atoms with Gasteiger partial charge in [-0.25, -0.2) is 0 Å². The van der Waals surface area contributed by atoms with Crippen LogP contribution in [-0.2, 0) is 4.79 Å². The minimum atomic E-state index is -0.555. The molecule has 0 fully saturated rings. The number of nitrogens with zero attached hydrogens (tertiary/aromatic N) is 1. The summed E-state index contributed by atoms with van der Waals surface area (Å²) in [5.74, 6) is 1.14. The number of hydrogen-bond donors (Lipinski definition) is 1. The normalized spacial score (nSPS) is 10.4. The highest BCUT2D eigenvalue weighted by Crippen LogP contribution is 2.38. The predicted molar refractivity (Wildman–Crippen MR) is 103 cm³/mol. The number of ether oxygens (including phenoxy) is 4. The Bertz CT molecular complexity index is 884. The van der Waals surface area contributed by atoms with Gasteiger partial charge in [0.1, 0.15) is 5.75 Å². The molecule has 0 atom stereocenters. The Morgan fingerprint density at radius 3 is 2.07 bits per heavy atom. The van der Waals surface area contributed by atoms with E-state index in [4.69, 9.17) is 18.9 Å². The van der Waals surface area contributed by atoms with Crippen LogP contribution in [0.15, 0.2) is 36.4 Å². The number of non-ortho nitro benzene ring substituents is 1. The van der Waals surface area contributed by atoms with Gasteiger partial charge < -0.3 is 24.3 Å². The Balaban J connectivity index is 2.25. The minimum absolute atomic E-state index is 0.162. The number of carbonyl (C=O) groups is 1. The number of hydrogen-bond acceptors (Lipinski definition) is 7. The first-order valence-corrected chi connectivity index (χ1v) is 8.05. The van der Waals surface area contributed by atoms with E-state index in [1.54, 1.807) is 18.2 Å². The van der Waals surface area contributed by atoms with Crippen molar-refractivity contribution in [3.63, 3.8) is 0 Å². The average Bonchev–Trinajstić information content (AvgIpc) is 2.71. The monoisotopic (exact) mass is 388 g/mol. The maximum Gasteiger partial charge on any atom is 0.271 e. The van der Waals surface area contributed by atoms with E-state index in [0.717, 1.165) is 0 Å². The molecule has 0 aliphatic rings. The van der Waals surface area contributed by atoms with Crippen LogP contribution in [0.25, 0.3) is 6.08 Å². The summed E-state index contributed by atoms with van der Waals surface area (Å²) in [5.41, 5.74) is 0.664. The molecule has 0 radical (unpaired) electrons. The molecule has 0 spiro atoms. The quantitative estimate of drug-likeness (QED) is 0.420. The molecule has 0 unspecified atom stereocenters. The van der Waals surface area contributed by atoms with Gasteiger partial charge in [0.15, 0.2) is 11.5 Å². The summed E-state index contributed by atoms with van der Waals surface area (Å²) in [5, 5.41) is 13.5. The number of carbonyl (C=O) groups excluding carboxylic acids is 1. The molecule has 1 amide bonds. The molecule has 28 heavy (non-hydrogen) atoms. The molecule has 9 nitrogen and oxygen atoms in total. The van der Waals surface area contributed by atoms with Crippen LogP contribution in [0.3, 0.4) is 0 Å². The fourth-order valence-corrected chi connectivity index (χ4v) is 2.45.